The summed E-state index contributed by atoms with van der Waals surface area (Å²) in [5.41, 5.74) is 3.86. The third-order valence-electron chi connectivity index (χ3n) is 3.17. The van der Waals surface area contributed by atoms with E-state index in [-0.39, 0.29) is 11.5 Å². The van der Waals surface area contributed by atoms with E-state index in [9.17, 15) is 4.79 Å². The van der Waals surface area contributed by atoms with Crippen LogP contribution in [0.3, 0.4) is 0 Å². The first-order valence-electron chi connectivity index (χ1n) is 7.48. The fraction of sp³-hybridized carbons (Fsp3) is 0.125. The van der Waals surface area contributed by atoms with Crippen LogP contribution in [0.2, 0.25) is 5.15 Å². The zero-order valence-electron chi connectivity index (χ0n) is 13.9. The Morgan fingerprint density at radius 3 is 2.77 bits per heavy atom. The normalized spacial score (nSPS) is 10.9. The summed E-state index contributed by atoms with van der Waals surface area (Å²) >= 11 is 7.48. The van der Waals surface area contributed by atoms with Crippen LogP contribution in [0.5, 0.6) is 5.75 Å². The lowest BCUT2D eigenvalue weighted by Gasteiger charge is -2.03. The highest BCUT2D eigenvalue weighted by molar-refractivity contribution is 7.17. The molecule has 0 amide bonds. The van der Waals surface area contributed by atoms with Gasteiger partial charge in [-0.3, -0.25) is 9.78 Å². The summed E-state index contributed by atoms with van der Waals surface area (Å²) in [6, 6.07) is 8.84. The van der Waals surface area contributed by atoms with E-state index in [0.717, 1.165) is 11.4 Å². The van der Waals surface area contributed by atoms with Crippen LogP contribution >= 0.6 is 22.9 Å². The first kappa shape index (κ1) is 17.9. The summed E-state index contributed by atoms with van der Waals surface area (Å²) in [6.07, 6.45) is 1.52. The van der Waals surface area contributed by atoms with Gasteiger partial charge in [0.2, 0.25) is 5.95 Å². The van der Waals surface area contributed by atoms with E-state index >= 15 is 0 Å². The first-order chi connectivity index (χ1) is 12.5. The Morgan fingerprint density at radius 2 is 2.08 bits per heavy atom. The minimum Gasteiger partial charge on any atom is -0.497 e. The lowest BCUT2D eigenvalue weighted by Crippen LogP contribution is -2.10. The van der Waals surface area contributed by atoms with Gasteiger partial charge >= 0.3 is 0 Å². The van der Waals surface area contributed by atoms with Crippen molar-refractivity contribution in [2.75, 3.05) is 17.9 Å². The Hall–Kier alpha value is -2.91. The molecule has 0 saturated carbocycles. The molecule has 3 aromatic rings. The van der Waals surface area contributed by atoms with Gasteiger partial charge in [-0.2, -0.15) is 5.10 Å². The molecule has 0 aliphatic rings. The number of rotatable bonds is 6. The highest BCUT2D eigenvalue weighted by Crippen LogP contribution is 2.28. The number of hydrogen-bond donors (Lipinski definition) is 3. The second-order valence-electron chi connectivity index (χ2n) is 5.13. The molecular formula is C16H15ClN6O2S. The molecule has 0 saturated heterocycles. The zero-order valence-corrected chi connectivity index (χ0v) is 15.5. The Bertz CT molecular complexity index is 983. The number of thiazole rings is 1. The van der Waals surface area contributed by atoms with E-state index in [1.54, 1.807) is 14.0 Å². The summed E-state index contributed by atoms with van der Waals surface area (Å²) in [5.74, 6) is 1.03. The monoisotopic (exact) mass is 390 g/mol. The molecule has 0 aliphatic heterocycles. The van der Waals surface area contributed by atoms with Gasteiger partial charge in [0.1, 0.15) is 5.75 Å². The highest BCUT2D eigenvalue weighted by Gasteiger charge is 2.08. The van der Waals surface area contributed by atoms with E-state index in [1.807, 2.05) is 24.3 Å². The lowest BCUT2D eigenvalue weighted by molar-refractivity contribution is 0.415. The molecule has 3 rings (SSSR count). The van der Waals surface area contributed by atoms with Gasteiger partial charge in [-0.1, -0.05) is 22.9 Å². The summed E-state index contributed by atoms with van der Waals surface area (Å²) in [5, 5.41) is 8.15. The van der Waals surface area contributed by atoms with Crippen LogP contribution in [0.1, 0.15) is 10.6 Å². The molecule has 0 atom stereocenters. The molecule has 0 aliphatic carbocycles. The third-order valence-corrected chi connectivity index (χ3v) is 4.48. The largest absolute Gasteiger partial charge is 0.497 e. The molecule has 3 N–H and O–H groups in total. The number of H-pyrrole nitrogens is 1. The van der Waals surface area contributed by atoms with Crippen molar-refractivity contribution in [2.24, 2.45) is 5.10 Å². The van der Waals surface area contributed by atoms with Crippen molar-refractivity contribution in [3.63, 3.8) is 0 Å². The van der Waals surface area contributed by atoms with E-state index in [1.165, 1.54) is 23.6 Å². The van der Waals surface area contributed by atoms with Crippen LogP contribution in [0, 0.1) is 6.92 Å². The van der Waals surface area contributed by atoms with Gasteiger partial charge in [0.25, 0.3) is 5.56 Å². The molecule has 8 nitrogen and oxygen atoms in total. The number of benzene rings is 1. The lowest BCUT2D eigenvalue weighted by atomic mass is 10.3. The fourth-order valence-electron chi connectivity index (χ4n) is 2.03. The van der Waals surface area contributed by atoms with Crippen LogP contribution in [0.4, 0.5) is 16.8 Å². The Balaban J connectivity index is 1.68. The summed E-state index contributed by atoms with van der Waals surface area (Å²) in [6.45, 7) is 1.72. The van der Waals surface area contributed by atoms with E-state index in [4.69, 9.17) is 16.3 Å². The number of methoxy groups -OCH3 is 1. The predicted molar refractivity (Wildman–Crippen MR) is 104 cm³/mol. The van der Waals surface area contributed by atoms with Gasteiger partial charge in [0, 0.05) is 17.4 Å². The van der Waals surface area contributed by atoms with Gasteiger partial charge in [-0.25, -0.2) is 15.4 Å². The minimum absolute atomic E-state index is 0.253. The average Bonchev–Trinajstić information content (AvgIpc) is 2.94. The maximum Gasteiger partial charge on any atom is 0.252 e. The Kier molecular flexibility index (Phi) is 5.49. The molecule has 10 heteroatoms. The maximum absolute atomic E-state index is 11.4. The van der Waals surface area contributed by atoms with E-state index in [2.05, 4.69) is 30.8 Å². The minimum atomic E-state index is -0.253. The number of aromatic amines is 1. The van der Waals surface area contributed by atoms with Crippen molar-refractivity contribution in [1.29, 1.82) is 0 Å². The zero-order chi connectivity index (χ0) is 18.5. The van der Waals surface area contributed by atoms with Crippen LogP contribution in [-0.2, 0) is 0 Å². The number of nitrogens with one attached hydrogen (secondary N) is 3. The predicted octanol–water partition coefficient (Wildman–Crippen LogP) is 3.39. The fourth-order valence-corrected chi connectivity index (χ4v) is 3.08. The van der Waals surface area contributed by atoms with Crippen molar-refractivity contribution in [3.8, 4) is 5.75 Å². The highest BCUT2D eigenvalue weighted by atomic mass is 35.5. The molecule has 26 heavy (non-hydrogen) atoms. The number of nitrogens with zero attached hydrogens (tertiary/aromatic N) is 3. The second kappa shape index (κ2) is 7.98. The Labute approximate surface area is 157 Å². The first-order valence-corrected chi connectivity index (χ1v) is 8.67. The topological polar surface area (TPSA) is 104 Å². The molecule has 134 valence electrons. The Morgan fingerprint density at radius 1 is 1.31 bits per heavy atom. The number of ether oxygens (including phenoxy) is 1. The number of aryl methyl sites for hydroxylation is 1. The molecule has 0 bridgehead atoms. The second-order valence-corrected chi connectivity index (χ2v) is 6.52. The summed E-state index contributed by atoms with van der Waals surface area (Å²) < 4.78 is 5.12. The molecule has 1 aromatic carbocycles. The van der Waals surface area contributed by atoms with Crippen LogP contribution in [-0.4, -0.2) is 28.3 Å². The van der Waals surface area contributed by atoms with Gasteiger partial charge < -0.3 is 10.1 Å². The molecular weight excluding hydrogens is 376 g/mol. The number of aromatic nitrogens is 3. The number of anilines is 3. The molecule has 2 heterocycles. The maximum atomic E-state index is 11.4. The summed E-state index contributed by atoms with van der Waals surface area (Å²) in [4.78, 5) is 22.9. The van der Waals surface area contributed by atoms with Crippen LogP contribution < -0.4 is 21.0 Å². The van der Waals surface area contributed by atoms with Crippen molar-refractivity contribution in [2.45, 2.75) is 6.92 Å². The quantitative estimate of drug-likeness (QED) is 0.440. The standard InChI is InChI=1S/C16H15ClN6O2S/c1-9-7-13(24)21-15(19-9)23-18-8-12-14(17)22-16(26-12)20-10-3-5-11(25-2)6-4-10/h3-8H,1-2H3,(H,20,22)(H2,19,21,23,24)/b18-8+. The van der Waals surface area contributed by atoms with Crippen LogP contribution in [0.25, 0.3) is 0 Å². The van der Waals surface area contributed by atoms with Crippen molar-refractivity contribution in [3.05, 3.63) is 56.4 Å². The molecule has 0 radical (unpaired) electrons. The number of hydrogen-bond acceptors (Lipinski definition) is 8. The third kappa shape index (κ3) is 4.58. The van der Waals surface area contributed by atoms with Gasteiger partial charge in [-0.15, -0.1) is 0 Å². The van der Waals surface area contributed by atoms with E-state index < -0.39 is 0 Å². The van der Waals surface area contributed by atoms with Gasteiger partial charge in [0.15, 0.2) is 10.3 Å². The number of halogens is 1. The van der Waals surface area contributed by atoms with Crippen molar-refractivity contribution in [1.82, 2.24) is 15.0 Å². The molecule has 2 aromatic heterocycles. The van der Waals surface area contributed by atoms with Gasteiger partial charge in [0.05, 0.1) is 18.2 Å². The summed E-state index contributed by atoms with van der Waals surface area (Å²) in [7, 11) is 1.62. The van der Waals surface area contributed by atoms with Crippen molar-refractivity contribution < 1.29 is 4.74 Å². The average molecular weight is 391 g/mol. The number of hydrazone groups is 1. The molecule has 0 spiro atoms. The smallest absolute Gasteiger partial charge is 0.252 e. The van der Waals surface area contributed by atoms with E-state index in [0.29, 0.717) is 20.9 Å². The molecule has 0 fully saturated rings. The molecule has 0 unspecified atom stereocenters. The van der Waals surface area contributed by atoms with Gasteiger partial charge in [-0.05, 0) is 31.2 Å². The van der Waals surface area contributed by atoms with Crippen molar-refractivity contribution >= 4 is 45.9 Å². The van der Waals surface area contributed by atoms with Crippen LogP contribution in [0.15, 0.2) is 40.2 Å². The SMILES string of the molecule is COc1ccc(Nc2nc(Cl)c(/C=N/Nc3nc(C)cc(=O)[nH]3)s2)cc1.